The quantitative estimate of drug-likeness (QED) is 0.431. The van der Waals surface area contributed by atoms with Crippen molar-refractivity contribution in [2.75, 3.05) is 0 Å². The predicted molar refractivity (Wildman–Crippen MR) is 138 cm³/mol. The molecular formula is C26H32Cl2N4O3. The second-order valence-corrected chi connectivity index (χ2v) is 10.2. The smallest absolute Gasteiger partial charge is 0.330 e. The lowest BCUT2D eigenvalue weighted by molar-refractivity contribution is -0.157. The fraction of sp³-hybridized carbons (Fsp3) is 0.423. The first kappa shape index (κ1) is 26.8. The van der Waals surface area contributed by atoms with Crippen LogP contribution in [0.25, 0.3) is 0 Å². The Kier molecular flexibility index (Phi) is 8.67. The predicted octanol–water partition coefficient (Wildman–Crippen LogP) is 5.34. The average Bonchev–Trinajstić information content (AvgIpc) is 2.82. The molecule has 3 rings (SSSR count). The van der Waals surface area contributed by atoms with Crippen LogP contribution < -0.4 is 16.6 Å². The molecule has 2 aromatic carbocycles. The molecule has 3 atom stereocenters. The van der Waals surface area contributed by atoms with E-state index in [1.165, 1.54) is 0 Å². The van der Waals surface area contributed by atoms with Crippen LogP contribution in [-0.2, 0) is 9.59 Å². The summed E-state index contributed by atoms with van der Waals surface area (Å²) in [5, 5.41) is 1.22. The number of hydrazine groups is 1. The first-order chi connectivity index (χ1) is 16.6. The van der Waals surface area contributed by atoms with Crippen LogP contribution in [0.4, 0.5) is 4.79 Å². The summed E-state index contributed by atoms with van der Waals surface area (Å²) in [6.07, 6.45) is 1.84. The molecule has 0 spiro atoms. The van der Waals surface area contributed by atoms with Gasteiger partial charge in [0, 0.05) is 28.4 Å². The molecular weight excluding hydrogens is 487 g/mol. The molecule has 3 unspecified atom stereocenters. The number of nitrogens with one attached hydrogen (secondary N) is 2. The first-order valence-electron chi connectivity index (χ1n) is 11.8. The van der Waals surface area contributed by atoms with Crippen molar-refractivity contribution in [2.24, 2.45) is 11.1 Å². The molecule has 1 aliphatic heterocycles. The summed E-state index contributed by atoms with van der Waals surface area (Å²) in [6.45, 7) is 5.93. The van der Waals surface area contributed by atoms with Crippen LogP contribution in [0, 0.1) is 5.41 Å². The molecule has 9 heteroatoms. The number of carbonyl (C=O) groups is 3. The standard InChI is InChI=1S/C26H32Cl2N4O3/c1-4-20(5-2)32-23(16-9-11-18(27)12-10-16)21(17-7-6-8-19(28)13-17)14-26(3,24(32)34)15-22(33)30-31-25(29)35/h6-13,20-21,23H,4-5,14-15H2,1-3H3,(H,30,33)(H3,29,31,35). The van der Waals surface area contributed by atoms with Crippen LogP contribution in [0.5, 0.6) is 0 Å². The average molecular weight is 519 g/mol. The van der Waals surface area contributed by atoms with E-state index in [1.807, 2.05) is 60.4 Å². The third-order valence-electron chi connectivity index (χ3n) is 6.80. The van der Waals surface area contributed by atoms with Gasteiger partial charge in [0.15, 0.2) is 0 Å². The second kappa shape index (κ2) is 11.3. The van der Waals surface area contributed by atoms with E-state index in [0.717, 1.165) is 24.0 Å². The number of nitrogens with two attached hydrogens (primary N) is 1. The molecule has 0 radical (unpaired) electrons. The van der Waals surface area contributed by atoms with E-state index in [1.54, 1.807) is 0 Å². The zero-order chi connectivity index (χ0) is 25.8. The molecule has 7 nitrogen and oxygen atoms in total. The SMILES string of the molecule is CCC(CC)N1C(=O)C(C)(CC(=O)NNC(N)=O)CC(c2cccc(Cl)c2)C1c1ccc(Cl)cc1. The molecule has 0 aliphatic carbocycles. The van der Waals surface area contributed by atoms with Gasteiger partial charge in [0.05, 0.1) is 11.5 Å². The summed E-state index contributed by atoms with van der Waals surface area (Å²) in [6, 6.07) is 14.1. The van der Waals surface area contributed by atoms with E-state index in [2.05, 4.69) is 24.7 Å². The van der Waals surface area contributed by atoms with Gasteiger partial charge in [0.1, 0.15) is 0 Å². The van der Waals surface area contributed by atoms with Gasteiger partial charge in [0.2, 0.25) is 11.8 Å². The van der Waals surface area contributed by atoms with Crippen molar-refractivity contribution in [3.8, 4) is 0 Å². The van der Waals surface area contributed by atoms with Crippen LogP contribution in [0.2, 0.25) is 10.0 Å². The van der Waals surface area contributed by atoms with Crippen LogP contribution >= 0.6 is 23.2 Å². The van der Waals surface area contributed by atoms with Gasteiger partial charge in [-0.3, -0.25) is 15.0 Å². The molecule has 4 N–H and O–H groups in total. The van der Waals surface area contributed by atoms with Gasteiger partial charge in [-0.2, -0.15) is 0 Å². The van der Waals surface area contributed by atoms with Gasteiger partial charge in [0.25, 0.3) is 0 Å². The number of piperidine rings is 1. The largest absolute Gasteiger partial charge is 0.350 e. The van der Waals surface area contributed by atoms with E-state index >= 15 is 0 Å². The van der Waals surface area contributed by atoms with Crippen molar-refractivity contribution < 1.29 is 14.4 Å². The summed E-state index contributed by atoms with van der Waals surface area (Å²) in [5.74, 6) is -0.715. The fourth-order valence-corrected chi connectivity index (χ4v) is 5.48. The molecule has 2 aromatic rings. The van der Waals surface area contributed by atoms with Gasteiger partial charge >= 0.3 is 6.03 Å². The number of carbonyl (C=O) groups excluding carboxylic acids is 3. The van der Waals surface area contributed by atoms with Gasteiger partial charge in [-0.25, -0.2) is 10.2 Å². The minimum Gasteiger partial charge on any atom is -0.350 e. The molecule has 1 aliphatic rings. The highest BCUT2D eigenvalue weighted by Crippen LogP contribution is 2.52. The van der Waals surface area contributed by atoms with Crippen LogP contribution in [-0.4, -0.2) is 28.8 Å². The van der Waals surface area contributed by atoms with Gasteiger partial charge < -0.3 is 10.6 Å². The molecule has 1 heterocycles. The second-order valence-electron chi connectivity index (χ2n) is 9.32. The van der Waals surface area contributed by atoms with Crippen molar-refractivity contribution in [3.63, 3.8) is 0 Å². The fourth-order valence-electron chi connectivity index (χ4n) is 5.16. The molecule has 1 fully saturated rings. The van der Waals surface area contributed by atoms with Gasteiger partial charge in [-0.1, -0.05) is 68.2 Å². The summed E-state index contributed by atoms with van der Waals surface area (Å²) in [5.41, 5.74) is 10.4. The van der Waals surface area contributed by atoms with E-state index in [9.17, 15) is 14.4 Å². The molecule has 4 amide bonds. The summed E-state index contributed by atoms with van der Waals surface area (Å²) >= 11 is 12.6. The number of amides is 4. The maximum absolute atomic E-state index is 14.2. The van der Waals surface area contributed by atoms with Gasteiger partial charge in [-0.05, 0) is 54.7 Å². The Balaban J connectivity index is 2.13. The number of likely N-dealkylation sites (tertiary alicyclic amines) is 1. The number of nitrogens with zero attached hydrogens (tertiary/aromatic N) is 1. The van der Waals surface area contributed by atoms with Crippen molar-refractivity contribution >= 4 is 41.0 Å². The number of urea groups is 1. The zero-order valence-electron chi connectivity index (χ0n) is 20.2. The molecule has 0 bridgehead atoms. The lowest BCUT2D eigenvalue weighted by Gasteiger charge is -2.52. The minimum atomic E-state index is -1.01. The summed E-state index contributed by atoms with van der Waals surface area (Å²) in [7, 11) is 0. The maximum Gasteiger partial charge on any atom is 0.330 e. The topological polar surface area (TPSA) is 105 Å². The van der Waals surface area contributed by atoms with Crippen molar-refractivity contribution in [1.82, 2.24) is 15.8 Å². The van der Waals surface area contributed by atoms with E-state index in [0.29, 0.717) is 16.5 Å². The molecule has 0 aromatic heterocycles. The highest BCUT2D eigenvalue weighted by Gasteiger charge is 2.51. The van der Waals surface area contributed by atoms with E-state index < -0.39 is 17.4 Å². The normalized spacial score (nSPS) is 22.2. The van der Waals surface area contributed by atoms with Crippen molar-refractivity contribution in [1.29, 1.82) is 0 Å². The lowest BCUT2D eigenvalue weighted by Crippen LogP contribution is -2.57. The van der Waals surface area contributed by atoms with Gasteiger partial charge in [-0.15, -0.1) is 0 Å². The number of primary amides is 1. The van der Waals surface area contributed by atoms with Crippen LogP contribution in [0.15, 0.2) is 48.5 Å². The molecule has 35 heavy (non-hydrogen) atoms. The van der Waals surface area contributed by atoms with Crippen LogP contribution in [0.1, 0.15) is 69.5 Å². The number of rotatable bonds is 7. The number of hydrogen-bond acceptors (Lipinski definition) is 3. The first-order valence-corrected chi connectivity index (χ1v) is 12.5. The lowest BCUT2D eigenvalue weighted by atomic mass is 9.66. The Morgan fingerprint density at radius 1 is 1.06 bits per heavy atom. The summed E-state index contributed by atoms with van der Waals surface area (Å²) < 4.78 is 0. The number of benzene rings is 2. The Bertz CT molecular complexity index is 1070. The zero-order valence-corrected chi connectivity index (χ0v) is 21.7. The Hall–Kier alpha value is -2.77. The third-order valence-corrected chi connectivity index (χ3v) is 7.29. The highest BCUT2D eigenvalue weighted by molar-refractivity contribution is 6.30. The molecule has 1 saturated heterocycles. The summed E-state index contributed by atoms with van der Waals surface area (Å²) in [4.78, 5) is 39.8. The Morgan fingerprint density at radius 2 is 1.71 bits per heavy atom. The maximum atomic E-state index is 14.2. The monoisotopic (exact) mass is 518 g/mol. The number of halogens is 2. The van der Waals surface area contributed by atoms with Crippen molar-refractivity contribution in [3.05, 3.63) is 69.7 Å². The van der Waals surface area contributed by atoms with E-state index in [4.69, 9.17) is 28.9 Å². The third kappa shape index (κ3) is 6.08. The minimum absolute atomic E-state index is 0.0312. The molecule has 0 saturated carbocycles. The van der Waals surface area contributed by atoms with E-state index in [-0.39, 0.29) is 30.3 Å². The van der Waals surface area contributed by atoms with Crippen molar-refractivity contribution in [2.45, 2.75) is 64.5 Å². The Labute approximate surface area is 216 Å². The number of hydrogen-bond donors (Lipinski definition) is 3. The highest BCUT2D eigenvalue weighted by atomic mass is 35.5. The molecule has 188 valence electrons. The Morgan fingerprint density at radius 3 is 2.29 bits per heavy atom. The van der Waals surface area contributed by atoms with Crippen LogP contribution in [0.3, 0.4) is 0 Å².